The Bertz CT molecular complexity index is 1030. The Morgan fingerprint density at radius 2 is 2.20 bits per heavy atom. The summed E-state index contributed by atoms with van der Waals surface area (Å²) >= 11 is 1.45. The van der Waals surface area contributed by atoms with Crippen molar-refractivity contribution in [3.05, 3.63) is 59.0 Å². The fourth-order valence-electron chi connectivity index (χ4n) is 4.56. The van der Waals surface area contributed by atoms with Gasteiger partial charge in [-0.05, 0) is 55.7 Å². The maximum atomic E-state index is 12.6. The molecule has 0 bridgehead atoms. The lowest BCUT2D eigenvalue weighted by Gasteiger charge is -2.20. The Kier molecular flexibility index (Phi) is 4.79. The van der Waals surface area contributed by atoms with Gasteiger partial charge in [-0.1, -0.05) is 30.9 Å². The van der Waals surface area contributed by atoms with E-state index in [9.17, 15) is 9.59 Å². The number of rotatable bonds is 3. The minimum absolute atomic E-state index is 0.0496. The van der Waals surface area contributed by atoms with Crippen molar-refractivity contribution in [1.29, 1.82) is 0 Å². The van der Waals surface area contributed by atoms with Crippen molar-refractivity contribution in [3.8, 4) is 0 Å². The molecule has 3 aliphatic rings. The van der Waals surface area contributed by atoms with Crippen LogP contribution >= 0.6 is 11.3 Å². The molecule has 30 heavy (non-hydrogen) atoms. The molecule has 2 aliphatic heterocycles. The molecule has 2 saturated heterocycles. The maximum Gasteiger partial charge on any atom is 0.348 e. The lowest BCUT2D eigenvalue weighted by molar-refractivity contribution is -0.140. The molecule has 0 N–H and O–H groups in total. The van der Waals surface area contributed by atoms with Crippen LogP contribution < -0.4 is 0 Å². The third kappa shape index (κ3) is 3.48. The van der Waals surface area contributed by atoms with E-state index in [0.717, 1.165) is 41.3 Å². The number of carbonyl (C=O) groups is 2. The fraction of sp³-hybridized carbons (Fsp3) is 0.417. The van der Waals surface area contributed by atoms with Gasteiger partial charge in [-0.3, -0.25) is 0 Å². The van der Waals surface area contributed by atoms with Gasteiger partial charge in [0, 0.05) is 16.2 Å². The van der Waals surface area contributed by atoms with Crippen LogP contribution in [0.15, 0.2) is 54.1 Å². The lowest BCUT2D eigenvalue weighted by Crippen LogP contribution is -2.29. The van der Waals surface area contributed by atoms with Crippen LogP contribution in [0.4, 0.5) is 0 Å². The van der Waals surface area contributed by atoms with Crippen LogP contribution in [0.25, 0.3) is 10.1 Å². The summed E-state index contributed by atoms with van der Waals surface area (Å²) in [6, 6.07) is 9.80. The Labute approximate surface area is 179 Å². The monoisotopic (exact) mass is 424 g/mol. The van der Waals surface area contributed by atoms with E-state index >= 15 is 0 Å². The van der Waals surface area contributed by atoms with Gasteiger partial charge in [0.15, 0.2) is 0 Å². The van der Waals surface area contributed by atoms with E-state index in [4.69, 9.17) is 14.2 Å². The number of thiophene rings is 1. The van der Waals surface area contributed by atoms with Gasteiger partial charge in [0.1, 0.15) is 23.7 Å². The fourth-order valence-corrected chi connectivity index (χ4v) is 5.52. The van der Waals surface area contributed by atoms with Gasteiger partial charge in [0.25, 0.3) is 0 Å². The van der Waals surface area contributed by atoms with Gasteiger partial charge in [-0.2, -0.15) is 0 Å². The number of benzene rings is 1. The van der Waals surface area contributed by atoms with Crippen molar-refractivity contribution >= 4 is 33.4 Å². The Morgan fingerprint density at radius 1 is 1.37 bits per heavy atom. The molecule has 4 atom stereocenters. The molecule has 5 nitrogen and oxygen atoms in total. The van der Waals surface area contributed by atoms with Crippen molar-refractivity contribution in [2.75, 3.05) is 6.61 Å². The standard InChI is InChI=1S/C24H24O5S/c1-14-17-10-9-15(6-5-11-24(2)21(29-24)20(17)28-22(14)25)13-27-23(26)19-12-16-7-3-4-8-18(16)30-19/h3-4,6-8,12,17,20-21H,1,5,9-11,13H2,2H3/b15-6+/t17-,20-,21+,24+/m0/s1. The zero-order valence-corrected chi connectivity index (χ0v) is 17.7. The van der Waals surface area contributed by atoms with Gasteiger partial charge in [-0.15, -0.1) is 11.3 Å². The predicted octanol–water partition coefficient (Wildman–Crippen LogP) is 4.81. The highest BCUT2D eigenvalue weighted by Gasteiger charge is 2.61. The van der Waals surface area contributed by atoms with Crippen molar-refractivity contribution < 1.29 is 23.8 Å². The number of carbonyl (C=O) groups excluding carboxylic acids is 2. The predicted molar refractivity (Wildman–Crippen MR) is 114 cm³/mol. The molecular weight excluding hydrogens is 400 g/mol. The molecule has 0 spiro atoms. The third-order valence-corrected chi connectivity index (χ3v) is 7.55. The van der Waals surface area contributed by atoms with E-state index in [-0.39, 0.29) is 42.3 Å². The highest BCUT2D eigenvalue weighted by atomic mass is 32.1. The first-order valence-electron chi connectivity index (χ1n) is 10.4. The Hall–Kier alpha value is -2.44. The van der Waals surface area contributed by atoms with Gasteiger partial charge in [0.05, 0.1) is 5.60 Å². The largest absolute Gasteiger partial charge is 0.457 e. The van der Waals surface area contributed by atoms with Crippen LogP contribution in [0.2, 0.25) is 0 Å². The molecule has 1 aromatic carbocycles. The second-order valence-corrected chi connectivity index (χ2v) is 9.60. The van der Waals surface area contributed by atoms with E-state index in [1.807, 2.05) is 30.3 Å². The van der Waals surface area contributed by atoms with Crippen LogP contribution in [0.5, 0.6) is 0 Å². The highest BCUT2D eigenvalue weighted by molar-refractivity contribution is 7.20. The average Bonchev–Trinajstić information content (AvgIpc) is 3.07. The lowest BCUT2D eigenvalue weighted by atomic mass is 9.84. The minimum atomic E-state index is -0.316. The summed E-state index contributed by atoms with van der Waals surface area (Å²) in [6.07, 6.45) is 5.01. The molecule has 1 aromatic heterocycles. The minimum Gasteiger partial charge on any atom is -0.457 e. The van der Waals surface area contributed by atoms with E-state index in [0.29, 0.717) is 10.5 Å². The number of epoxide rings is 1. The number of ether oxygens (including phenoxy) is 3. The first-order chi connectivity index (χ1) is 14.4. The second kappa shape index (κ2) is 7.36. The molecule has 3 heterocycles. The normalized spacial score (nSPS) is 32.6. The number of hydrogen-bond acceptors (Lipinski definition) is 6. The van der Waals surface area contributed by atoms with Crippen LogP contribution in [-0.4, -0.2) is 36.4 Å². The van der Waals surface area contributed by atoms with Gasteiger partial charge in [0.2, 0.25) is 0 Å². The molecule has 0 radical (unpaired) electrons. The van der Waals surface area contributed by atoms with Gasteiger partial charge < -0.3 is 14.2 Å². The molecule has 0 unspecified atom stereocenters. The zero-order chi connectivity index (χ0) is 20.9. The van der Waals surface area contributed by atoms with Crippen molar-refractivity contribution in [1.82, 2.24) is 0 Å². The van der Waals surface area contributed by atoms with Gasteiger partial charge in [-0.25, -0.2) is 9.59 Å². The average molecular weight is 425 g/mol. The van der Waals surface area contributed by atoms with Crippen LogP contribution in [-0.2, 0) is 19.0 Å². The van der Waals surface area contributed by atoms with Crippen LogP contribution in [0, 0.1) is 5.92 Å². The summed E-state index contributed by atoms with van der Waals surface area (Å²) in [6.45, 7) is 6.27. The topological polar surface area (TPSA) is 65.1 Å². The number of fused-ring (bicyclic) bond motifs is 4. The molecule has 1 aliphatic carbocycles. The first kappa shape index (κ1) is 19.5. The SMILES string of the molecule is C=C1C(=O)O[C@@H]2[C@H]3O[C@]3(C)CC/C=C(/COC(=O)c3cc4ccccc4s3)CC[C@@H]12. The third-order valence-electron chi connectivity index (χ3n) is 6.45. The van der Waals surface area contributed by atoms with E-state index < -0.39 is 0 Å². The Morgan fingerprint density at radius 3 is 3.03 bits per heavy atom. The smallest absolute Gasteiger partial charge is 0.348 e. The van der Waals surface area contributed by atoms with E-state index in [1.54, 1.807) is 0 Å². The van der Waals surface area contributed by atoms with E-state index in [2.05, 4.69) is 19.6 Å². The molecule has 5 rings (SSSR count). The number of hydrogen-bond donors (Lipinski definition) is 0. The zero-order valence-electron chi connectivity index (χ0n) is 16.9. The second-order valence-electron chi connectivity index (χ2n) is 8.52. The molecule has 2 aromatic rings. The first-order valence-corrected chi connectivity index (χ1v) is 11.2. The van der Waals surface area contributed by atoms with Crippen molar-refractivity contribution in [2.24, 2.45) is 5.92 Å². The summed E-state index contributed by atoms with van der Waals surface area (Å²) in [5.74, 6) is -0.665. The summed E-state index contributed by atoms with van der Waals surface area (Å²) in [5.41, 5.74) is 1.33. The molecule has 156 valence electrons. The molecule has 6 heteroatoms. The highest BCUT2D eigenvalue weighted by Crippen LogP contribution is 2.49. The number of allylic oxidation sites excluding steroid dienone is 1. The van der Waals surface area contributed by atoms with Crippen LogP contribution in [0.3, 0.4) is 0 Å². The number of esters is 2. The summed E-state index contributed by atoms with van der Waals surface area (Å²) in [4.78, 5) is 25.3. The molecule has 0 saturated carbocycles. The molecule has 0 amide bonds. The molecule has 2 fully saturated rings. The Balaban J connectivity index is 1.28. The van der Waals surface area contributed by atoms with Crippen molar-refractivity contribution in [2.45, 2.75) is 50.4 Å². The van der Waals surface area contributed by atoms with E-state index in [1.165, 1.54) is 11.3 Å². The summed E-state index contributed by atoms with van der Waals surface area (Å²) in [5, 5.41) is 1.05. The van der Waals surface area contributed by atoms with Gasteiger partial charge >= 0.3 is 11.9 Å². The summed E-state index contributed by atoms with van der Waals surface area (Å²) < 4.78 is 18.2. The quantitative estimate of drug-likeness (QED) is 0.306. The molecular formula is C24H24O5S. The van der Waals surface area contributed by atoms with Crippen LogP contribution in [0.1, 0.15) is 42.3 Å². The van der Waals surface area contributed by atoms with Crippen molar-refractivity contribution in [3.63, 3.8) is 0 Å². The maximum absolute atomic E-state index is 12.6. The summed E-state index contributed by atoms with van der Waals surface area (Å²) in [7, 11) is 0.